The molecule has 1 heterocycles. The summed E-state index contributed by atoms with van der Waals surface area (Å²) in [7, 11) is 0. The van der Waals surface area contributed by atoms with Crippen molar-refractivity contribution >= 4 is 11.4 Å². The molecule has 1 aromatic rings. The summed E-state index contributed by atoms with van der Waals surface area (Å²) >= 11 is 0. The third-order valence-corrected chi connectivity index (χ3v) is 3.76. The van der Waals surface area contributed by atoms with Gasteiger partial charge >= 0.3 is 0 Å². The molecule has 0 bridgehead atoms. The quantitative estimate of drug-likeness (QED) is 0.789. The molecule has 0 aliphatic carbocycles. The van der Waals surface area contributed by atoms with Gasteiger partial charge in [0.15, 0.2) is 0 Å². The molecule has 1 aliphatic rings. The molecule has 3 N–H and O–H groups in total. The number of aliphatic hydroxyl groups excluding tert-OH is 1. The molecule has 0 unspecified atom stereocenters. The van der Waals surface area contributed by atoms with Crippen molar-refractivity contribution in [2.75, 3.05) is 43.4 Å². The zero-order valence-corrected chi connectivity index (χ0v) is 11.3. The molecule has 2 rings (SSSR count). The molecule has 0 atom stereocenters. The number of benzene rings is 1. The van der Waals surface area contributed by atoms with E-state index in [1.54, 1.807) is 0 Å². The monoisotopic (exact) mass is 249 g/mol. The molecule has 1 aromatic carbocycles. The zero-order chi connectivity index (χ0) is 13.2. The number of nitrogens with two attached hydrogens (primary N) is 1. The summed E-state index contributed by atoms with van der Waals surface area (Å²) in [6.07, 6.45) is 0. The lowest BCUT2D eigenvalue weighted by molar-refractivity contribution is 0.0527. The maximum Gasteiger partial charge on any atom is 0.0610 e. The first-order chi connectivity index (χ1) is 8.53. The van der Waals surface area contributed by atoms with E-state index < -0.39 is 0 Å². The van der Waals surface area contributed by atoms with Crippen LogP contribution in [0.2, 0.25) is 0 Å². The second kappa shape index (κ2) is 5.16. The van der Waals surface area contributed by atoms with Crippen LogP contribution >= 0.6 is 0 Å². The maximum absolute atomic E-state index is 9.39. The standard InChI is InChI=1S/C14H23N3O/c1-14(2,11-18)17-8-6-16(7-9-17)13-5-3-4-12(15)10-13/h3-5,10,18H,6-9,11,15H2,1-2H3. The van der Waals surface area contributed by atoms with Crippen LogP contribution in [0.3, 0.4) is 0 Å². The van der Waals surface area contributed by atoms with Gasteiger partial charge in [-0.2, -0.15) is 0 Å². The number of aliphatic hydroxyl groups is 1. The van der Waals surface area contributed by atoms with Gasteiger partial charge in [-0.3, -0.25) is 4.90 Å². The van der Waals surface area contributed by atoms with Gasteiger partial charge in [-0.15, -0.1) is 0 Å². The molecule has 4 heteroatoms. The van der Waals surface area contributed by atoms with E-state index in [0.717, 1.165) is 31.9 Å². The third-order valence-electron chi connectivity index (χ3n) is 3.76. The van der Waals surface area contributed by atoms with Crippen LogP contribution in [0.25, 0.3) is 0 Å². The summed E-state index contributed by atoms with van der Waals surface area (Å²) in [6.45, 7) is 8.28. The summed E-state index contributed by atoms with van der Waals surface area (Å²) in [5, 5.41) is 9.39. The lowest BCUT2D eigenvalue weighted by atomic mass is 10.0. The van der Waals surface area contributed by atoms with E-state index in [9.17, 15) is 5.11 Å². The van der Waals surface area contributed by atoms with Gasteiger partial charge in [-0.05, 0) is 32.0 Å². The average molecular weight is 249 g/mol. The fraction of sp³-hybridized carbons (Fsp3) is 0.571. The minimum Gasteiger partial charge on any atom is -0.399 e. The number of nitrogen functional groups attached to an aromatic ring is 1. The minimum absolute atomic E-state index is 0.123. The van der Waals surface area contributed by atoms with E-state index in [1.165, 1.54) is 5.69 Å². The Morgan fingerprint density at radius 3 is 2.44 bits per heavy atom. The molecule has 0 spiro atoms. The minimum atomic E-state index is -0.123. The molecule has 0 radical (unpaired) electrons. The van der Waals surface area contributed by atoms with E-state index >= 15 is 0 Å². The van der Waals surface area contributed by atoms with Gasteiger partial charge in [0.05, 0.1) is 6.61 Å². The first-order valence-corrected chi connectivity index (χ1v) is 6.49. The van der Waals surface area contributed by atoms with Crippen LogP contribution < -0.4 is 10.6 Å². The molecular formula is C14H23N3O. The van der Waals surface area contributed by atoms with E-state index in [2.05, 4.69) is 29.7 Å². The summed E-state index contributed by atoms with van der Waals surface area (Å²) in [6, 6.07) is 8.03. The van der Waals surface area contributed by atoms with Crippen molar-refractivity contribution < 1.29 is 5.11 Å². The van der Waals surface area contributed by atoms with Crippen molar-refractivity contribution in [3.63, 3.8) is 0 Å². The Kier molecular flexibility index (Phi) is 3.78. The van der Waals surface area contributed by atoms with Crippen LogP contribution in [0, 0.1) is 0 Å². The first kappa shape index (κ1) is 13.2. The SMILES string of the molecule is CC(C)(CO)N1CCN(c2cccc(N)c2)CC1. The van der Waals surface area contributed by atoms with Crippen LogP contribution in [0.1, 0.15) is 13.8 Å². The smallest absolute Gasteiger partial charge is 0.0610 e. The van der Waals surface area contributed by atoms with Crippen molar-refractivity contribution in [2.45, 2.75) is 19.4 Å². The van der Waals surface area contributed by atoms with Gasteiger partial charge in [0.1, 0.15) is 0 Å². The molecule has 1 aliphatic heterocycles. The topological polar surface area (TPSA) is 52.7 Å². The maximum atomic E-state index is 9.39. The highest BCUT2D eigenvalue weighted by Crippen LogP contribution is 2.22. The van der Waals surface area contributed by atoms with E-state index in [4.69, 9.17) is 5.73 Å². The molecule has 18 heavy (non-hydrogen) atoms. The fourth-order valence-corrected chi connectivity index (χ4v) is 2.39. The van der Waals surface area contributed by atoms with Crippen LogP contribution in [-0.4, -0.2) is 48.3 Å². The average Bonchev–Trinajstić information content (AvgIpc) is 2.39. The predicted octanol–water partition coefficient (Wildman–Crippen LogP) is 1.16. The third kappa shape index (κ3) is 2.76. The number of hydrogen-bond donors (Lipinski definition) is 2. The second-order valence-electron chi connectivity index (χ2n) is 5.54. The molecule has 0 amide bonds. The second-order valence-corrected chi connectivity index (χ2v) is 5.54. The highest BCUT2D eigenvalue weighted by Gasteiger charge is 2.29. The van der Waals surface area contributed by atoms with E-state index in [-0.39, 0.29) is 12.1 Å². The fourth-order valence-electron chi connectivity index (χ4n) is 2.39. The molecule has 1 saturated heterocycles. The molecule has 0 saturated carbocycles. The van der Waals surface area contributed by atoms with E-state index in [1.807, 2.05) is 18.2 Å². The van der Waals surface area contributed by atoms with Gasteiger partial charge in [0, 0.05) is 43.1 Å². The van der Waals surface area contributed by atoms with Gasteiger partial charge in [0.25, 0.3) is 0 Å². The van der Waals surface area contributed by atoms with Crippen molar-refractivity contribution in [2.24, 2.45) is 0 Å². The lowest BCUT2D eigenvalue weighted by Crippen LogP contribution is -2.56. The van der Waals surface area contributed by atoms with Crippen molar-refractivity contribution in [1.29, 1.82) is 0 Å². The van der Waals surface area contributed by atoms with E-state index in [0.29, 0.717) is 0 Å². The molecule has 4 nitrogen and oxygen atoms in total. The van der Waals surface area contributed by atoms with Crippen LogP contribution in [0.5, 0.6) is 0 Å². The Labute approximate surface area is 109 Å². The van der Waals surface area contributed by atoms with Crippen molar-refractivity contribution in [3.8, 4) is 0 Å². The molecule has 0 aromatic heterocycles. The Balaban J connectivity index is 1.99. The Bertz CT molecular complexity index is 398. The summed E-state index contributed by atoms with van der Waals surface area (Å²) < 4.78 is 0. The van der Waals surface area contributed by atoms with Crippen LogP contribution in [-0.2, 0) is 0 Å². The molecule has 100 valence electrons. The Morgan fingerprint density at radius 2 is 1.89 bits per heavy atom. The van der Waals surface area contributed by atoms with Gasteiger partial charge in [-0.1, -0.05) is 6.07 Å². The van der Waals surface area contributed by atoms with Crippen LogP contribution in [0.15, 0.2) is 24.3 Å². The van der Waals surface area contributed by atoms with Gasteiger partial charge in [0.2, 0.25) is 0 Å². The number of piperazine rings is 1. The Morgan fingerprint density at radius 1 is 1.22 bits per heavy atom. The number of rotatable bonds is 3. The first-order valence-electron chi connectivity index (χ1n) is 6.49. The van der Waals surface area contributed by atoms with Crippen LogP contribution in [0.4, 0.5) is 11.4 Å². The molecule has 1 fully saturated rings. The number of nitrogens with zero attached hydrogens (tertiary/aromatic N) is 2. The predicted molar refractivity (Wildman–Crippen MR) is 75.8 cm³/mol. The highest BCUT2D eigenvalue weighted by molar-refractivity contribution is 5.56. The largest absolute Gasteiger partial charge is 0.399 e. The van der Waals surface area contributed by atoms with Gasteiger partial charge in [-0.25, -0.2) is 0 Å². The summed E-state index contributed by atoms with van der Waals surface area (Å²) in [5.41, 5.74) is 7.69. The summed E-state index contributed by atoms with van der Waals surface area (Å²) in [5.74, 6) is 0. The summed E-state index contributed by atoms with van der Waals surface area (Å²) in [4.78, 5) is 4.69. The Hall–Kier alpha value is -1.26. The highest BCUT2D eigenvalue weighted by atomic mass is 16.3. The van der Waals surface area contributed by atoms with Gasteiger partial charge < -0.3 is 15.7 Å². The normalized spacial score (nSPS) is 18.1. The molecular weight excluding hydrogens is 226 g/mol. The number of hydrogen-bond acceptors (Lipinski definition) is 4. The van der Waals surface area contributed by atoms with Crippen molar-refractivity contribution in [3.05, 3.63) is 24.3 Å². The number of anilines is 2. The van der Waals surface area contributed by atoms with Crippen molar-refractivity contribution in [1.82, 2.24) is 4.90 Å². The zero-order valence-electron chi connectivity index (χ0n) is 11.3. The lowest BCUT2D eigenvalue weighted by Gasteiger charge is -2.43.